The van der Waals surface area contributed by atoms with E-state index < -0.39 is 37.0 Å². The van der Waals surface area contributed by atoms with Crippen LogP contribution < -0.4 is 4.90 Å². The molecule has 0 saturated heterocycles. The number of aliphatic carboxylic acids is 1. The summed E-state index contributed by atoms with van der Waals surface area (Å²) < 4.78 is 75.5. The van der Waals surface area contributed by atoms with E-state index in [9.17, 15) is 30.7 Å². The molecule has 2 aliphatic rings. The van der Waals surface area contributed by atoms with Crippen molar-refractivity contribution in [2.24, 2.45) is 0 Å². The van der Waals surface area contributed by atoms with Crippen LogP contribution in [0.5, 0.6) is 0 Å². The fraction of sp³-hybridized carbons (Fsp3) is 0.459. The molecule has 60 heavy (non-hydrogen) atoms. The molecule has 0 aromatic heterocycles. The monoisotopic (exact) mass is 889 g/mol. The number of anilines is 1. The van der Waals surface area contributed by atoms with Gasteiger partial charge in [-0.2, -0.15) is 21.4 Å². The number of carbonyl (C=O) groups is 1. The Hall–Kier alpha value is -4.34. The Morgan fingerprint density at radius 3 is 2.05 bits per heavy atom. The number of carboxylic acid groups (broad SMARTS) is 1. The Bertz CT molecular complexity index is 2140. The third-order valence-corrected chi connectivity index (χ3v) is 11.8. The Morgan fingerprint density at radius 1 is 0.800 bits per heavy atom. The number of nitrogens with zero attached hydrogens (tertiary/aromatic N) is 2. The molecule has 0 fully saturated rings. The highest BCUT2D eigenvalue weighted by Crippen LogP contribution is 2.51. The second-order valence-corrected chi connectivity index (χ2v) is 16.7. The molecular formula is C37H49N2O19S2+. The normalized spacial score (nSPS) is 19.9. The van der Waals surface area contributed by atoms with Crippen LogP contribution in [0.25, 0.3) is 0 Å². The van der Waals surface area contributed by atoms with Gasteiger partial charge in [-0.1, -0.05) is 19.4 Å². The molecule has 2 unspecified atom stereocenters. The first-order chi connectivity index (χ1) is 28.5. The molecule has 2 aromatic rings. The van der Waals surface area contributed by atoms with E-state index in [-0.39, 0.29) is 29.2 Å². The smallest absolute Gasteiger partial charge is 0.303 e. The number of likely N-dealkylation sites (N-methyl/N-ethyl adjacent to an activating group) is 1. The number of fused-ring (bicyclic) bond motifs is 2. The molecule has 0 saturated carbocycles. The van der Waals surface area contributed by atoms with E-state index in [0.29, 0.717) is 50.0 Å². The van der Waals surface area contributed by atoms with Crippen LogP contribution in [0, 0.1) is 0 Å². The van der Waals surface area contributed by atoms with Gasteiger partial charge in [0.15, 0.2) is 12.0 Å². The molecule has 0 amide bonds. The van der Waals surface area contributed by atoms with E-state index in [1.807, 2.05) is 50.8 Å². The summed E-state index contributed by atoms with van der Waals surface area (Å²) in [5.74, 6) is -0.875. The number of ether oxygens (including phenoxy) is 1. The molecule has 4 rings (SSSR count). The minimum Gasteiger partial charge on any atom is -0.501 e. The third kappa shape index (κ3) is 12.2. The number of allylic oxidation sites excluding steroid dienone is 4. The van der Waals surface area contributed by atoms with Crippen LogP contribution in [0.15, 0.2) is 82.6 Å². The lowest BCUT2D eigenvalue weighted by Gasteiger charge is -2.29. The van der Waals surface area contributed by atoms with Gasteiger partial charge in [0.2, 0.25) is 5.69 Å². The second-order valence-electron chi connectivity index (χ2n) is 13.8. The molecule has 2 atom stereocenters. The molecule has 2 aromatic carbocycles. The maximum atomic E-state index is 12.2. The highest BCUT2D eigenvalue weighted by molar-refractivity contribution is 7.86. The van der Waals surface area contributed by atoms with Gasteiger partial charge in [-0.05, 0) is 109 Å². The predicted molar refractivity (Wildman–Crippen MR) is 205 cm³/mol. The fourth-order valence-corrected chi connectivity index (χ4v) is 8.44. The number of hydrogen-bond donors (Lipinski definition) is 3. The summed E-state index contributed by atoms with van der Waals surface area (Å²) in [7, 11) is -7.72. The first kappa shape index (κ1) is 48.3. The van der Waals surface area contributed by atoms with E-state index in [1.165, 1.54) is 31.4 Å². The van der Waals surface area contributed by atoms with Gasteiger partial charge in [0, 0.05) is 74.0 Å². The van der Waals surface area contributed by atoms with Crippen molar-refractivity contribution in [2.45, 2.75) is 93.3 Å². The van der Waals surface area contributed by atoms with Gasteiger partial charge in [-0.3, -0.25) is 13.9 Å². The molecular weight excluding hydrogens is 841 g/mol. The molecule has 3 N–H and O–H groups in total. The van der Waals surface area contributed by atoms with Gasteiger partial charge in [-0.25, -0.2) is 4.89 Å². The Balaban J connectivity index is 1.62. The van der Waals surface area contributed by atoms with Crippen LogP contribution in [0.1, 0.15) is 83.8 Å². The number of unbranched alkanes of at least 4 members (excludes halogenated alkanes) is 2. The Morgan fingerprint density at radius 2 is 1.43 bits per heavy atom. The standard InChI is InChI=1S/C37H48N2O19S2/c1-6-19-36(3)30-26-28(60(45,46)47)16-18-32(30)39(21-10-8-9-14-35(40)41)34(36)13-11-12-33-37(4,29-25-27(59(42,43)44)15-17-31(29)38(33)7-2)20-22-49-51-53-55-57-58-56-54-52-50-24-23-48-5/h11-13,15-18,23-26H,6-10,14,19-22H2,1-5H3,(H2-,40,41,42,43,44,45,46,47)/p+1/b24-23+. The maximum absolute atomic E-state index is 12.2. The van der Waals surface area contributed by atoms with E-state index in [2.05, 4.69) is 54.5 Å². The van der Waals surface area contributed by atoms with Crippen molar-refractivity contribution in [1.82, 2.24) is 0 Å². The quantitative estimate of drug-likeness (QED) is 0.0228. The summed E-state index contributed by atoms with van der Waals surface area (Å²) in [5, 5.41) is 41.7. The topological polar surface area (TPSA) is 254 Å². The zero-order valence-electron chi connectivity index (χ0n) is 33.5. The van der Waals surface area contributed by atoms with Crippen LogP contribution in [0.3, 0.4) is 0 Å². The van der Waals surface area contributed by atoms with E-state index >= 15 is 0 Å². The van der Waals surface area contributed by atoms with Gasteiger partial charge < -0.3 is 19.6 Å². The minimum absolute atomic E-state index is 0.0427. The number of benzene rings is 2. The van der Waals surface area contributed by atoms with E-state index in [4.69, 9.17) is 9.99 Å². The third-order valence-electron chi connectivity index (χ3n) is 10.1. The van der Waals surface area contributed by atoms with Crippen LogP contribution >= 0.6 is 0 Å². The van der Waals surface area contributed by atoms with Crippen LogP contribution in [0.4, 0.5) is 11.4 Å². The molecule has 0 bridgehead atoms. The Kier molecular flexibility index (Phi) is 17.7. The largest absolute Gasteiger partial charge is 0.501 e. The lowest BCUT2D eigenvalue weighted by Crippen LogP contribution is -2.31. The Labute approximate surface area is 346 Å². The molecule has 2 heterocycles. The number of methoxy groups -OCH3 is 1. The van der Waals surface area contributed by atoms with E-state index in [1.54, 1.807) is 12.1 Å². The first-order valence-electron chi connectivity index (χ1n) is 18.6. The summed E-state index contributed by atoms with van der Waals surface area (Å²) in [6, 6.07) is 8.85. The predicted octanol–water partition coefficient (Wildman–Crippen LogP) is 6.13. The van der Waals surface area contributed by atoms with Crippen molar-refractivity contribution in [1.29, 1.82) is 0 Å². The number of carboxylic acids is 1. The van der Waals surface area contributed by atoms with Gasteiger partial charge in [0.1, 0.15) is 12.8 Å². The first-order valence-corrected chi connectivity index (χ1v) is 21.5. The van der Waals surface area contributed by atoms with Gasteiger partial charge in [0.25, 0.3) is 20.2 Å². The molecule has 2 aliphatic heterocycles. The fourth-order valence-electron chi connectivity index (χ4n) is 7.43. The molecule has 0 spiro atoms. The van der Waals surface area contributed by atoms with Crippen LogP contribution in [-0.2, 0) is 90.7 Å². The lowest BCUT2D eigenvalue weighted by molar-refractivity contribution is -0.843. The summed E-state index contributed by atoms with van der Waals surface area (Å²) in [4.78, 5) is 22.0. The van der Waals surface area contributed by atoms with E-state index in [0.717, 1.165) is 41.6 Å². The lowest BCUT2D eigenvalue weighted by atomic mass is 9.75. The summed E-state index contributed by atoms with van der Waals surface area (Å²) in [6.45, 7) is 8.61. The molecule has 23 heteroatoms. The van der Waals surface area contributed by atoms with Crippen LogP contribution in [0.2, 0.25) is 0 Å². The van der Waals surface area contributed by atoms with Crippen molar-refractivity contribution < 1.29 is 95.2 Å². The zero-order valence-corrected chi connectivity index (χ0v) is 35.1. The number of rotatable bonds is 27. The van der Waals surface area contributed by atoms with Crippen LogP contribution in [-0.4, -0.2) is 74.1 Å². The van der Waals surface area contributed by atoms with Gasteiger partial charge in [-0.15, -0.1) is 0 Å². The average Bonchev–Trinajstić information content (AvgIpc) is 3.56. The summed E-state index contributed by atoms with van der Waals surface area (Å²) >= 11 is 0. The SMILES string of the molecule is CCCC1(C)C(C=CC=C2N(CC)c3ccc(S(=O)(=O)O)cc3C2(C)CCOOOOOOOOOO/C=C/OC)=[N+](CCCCCC(=O)O)c2ccc(S(=O)(=O)O)cc21. The van der Waals surface area contributed by atoms with Crippen molar-refractivity contribution in [2.75, 3.05) is 31.7 Å². The van der Waals surface area contributed by atoms with Gasteiger partial charge >= 0.3 is 5.97 Å². The van der Waals surface area contributed by atoms with Gasteiger partial charge in [0.05, 0.1) is 28.9 Å². The van der Waals surface area contributed by atoms with Crippen molar-refractivity contribution in [3.63, 3.8) is 0 Å². The second kappa shape index (κ2) is 22.0. The van der Waals surface area contributed by atoms with Crippen molar-refractivity contribution >= 4 is 43.3 Å². The average molecular weight is 890 g/mol. The molecule has 332 valence electrons. The number of hydrogen-bond acceptors (Lipinski definition) is 17. The highest BCUT2D eigenvalue weighted by atomic mass is 32.2. The zero-order chi connectivity index (χ0) is 44.0. The molecule has 0 aliphatic carbocycles. The minimum atomic E-state index is -4.58. The summed E-state index contributed by atoms with van der Waals surface area (Å²) in [6.07, 6.45) is 11.1. The summed E-state index contributed by atoms with van der Waals surface area (Å²) in [5.41, 5.74) is 2.67. The highest BCUT2D eigenvalue weighted by Gasteiger charge is 2.48. The maximum Gasteiger partial charge on any atom is 0.303 e. The molecule has 0 radical (unpaired) electrons. The van der Waals surface area contributed by atoms with Crippen molar-refractivity contribution in [3.05, 3.63) is 84.0 Å². The van der Waals surface area contributed by atoms with Crippen molar-refractivity contribution in [3.8, 4) is 0 Å². The molecule has 21 nitrogen and oxygen atoms in total.